The second kappa shape index (κ2) is 4.87. The normalized spacial score (nSPS) is 10.0. The van der Waals surface area contributed by atoms with Crippen molar-refractivity contribution in [1.29, 1.82) is 0 Å². The van der Waals surface area contributed by atoms with Gasteiger partial charge in [0, 0.05) is 5.56 Å². The zero-order valence-corrected chi connectivity index (χ0v) is 7.27. The molecule has 0 saturated carbocycles. The molecule has 0 spiro atoms. The first-order chi connectivity index (χ1) is 6.74. The highest BCUT2D eigenvalue weighted by Gasteiger charge is 1.99. The number of hydrogen-bond acceptors (Lipinski definition) is 3. The van der Waals surface area contributed by atoms with E-state index in [1.165, 1.54) is 12.3 Å². The van der Waals surface area contributed by atoms with Crippen LogP contribution in [-0.4, -0.2) is 17.9 Å². The van der Waals surface area contributed by atoms with Crippen LogP contribution in [-0.2, 0) is 4.84 Å². The summed E-state index contributed by atoms with van der Waals surface area (Å²) in [5, 5.41) is 12.7. The standard InChI is InChI=1S/C10H8FNO2/c1-2-5-14-12-7-8-6-9(11)3-4-10(8)13/h1,3-4,6-7,13H,5H2. The Kier molecular flexibility index (Phi) is 3.50. The summed E-state index contributed by atoms with van der Waals surface area (Å²) in [5.41, 5.74) is 0.238. The van der Waals surface area contributed by atoms with Crippen molar-refractivity contribution in [3.8, 4) is 18.1 Å². The minimum Gasteiger partial charge on any atom is -0.507 e. The first kappa shape index (κ1) is 10.1. The number of phenols is 1. The fraction of sp³-hybridized carbons (Fsp3) is 0.100. The molecule has 4 heteroatoms. The van der Waals surface area contributed by atoms with Crippen molar-refractivity contribution in [3.63, 3.8) is 0 Å². The van der Waals surface area contributed by atoms with Gasteiger partial charge in [0.25, 0.3) is 0 Å². The first-order valence-corrected chi connectivity index (χ1v) is 3.81. The molecular weight excluding hydrogens is 185 g/mol. The van der Waals surface area contributed by atoms with E-state index in [-0.39, 0.29) is 17.9 Å². The average Bonchev–Trinajstić information content (AvgIpc) is 2.18. The highest BCUT2D eigenvalue weighted by atomic mass is 19.1. The number of benzene rings is 1. The molecular formula is C10H8FNO2. The Balaban J connectivity index is 2.71. The lowest BCUT2D eigenvalue weighted by Gasteiger charge is -1.97. The van der Waals surface area contributed by atoms with Crippen LogP contribution in [0.25, 0.3) is 0 Å². The van der Waals surface area contributed by atoms with Crippen molar-refractivity contribution >= 4 is 6.21 Å². The molecule has 0 heterocycles. The van der Waals surface area contributed by atoms with Gasteiger partial charge in [-0.15, -0.1) is 6.42 Å². The smallest absolute Gasteiger partial charge is 0.177 e. The molecule has 0 saturated heterocycles. The van der Waals surface area contributed by atoms with Gasteiger partial charge in [-0.25, -0.2) is 4.39 Å². The summed E-state index contributed by atoms with van der Waals surface area (Å²) in [4.78, 5) is 4.58. The third-order valence-electron chi connectivity index (χ3n) is 1.40. The maximum absolute atomic E-state index is 12.7. The van der Waals surface area contributed by atoms with Gasteiger partial charge in [0.2, 0.25) is 0 Å². The van der Waals surface area contributed by atoms with Gasteiger partial charge in [-0.1, -0.05) is 11.1 Å². The lowest BCUT2D eigenvalue weighted by molar-refractivity contribution is 0.181. The van der Waals surface area contributed by atoms with Crippen LogP contribution in [0.3, 0.4) is 0 Å². The summed E-state index contributed by atoms with van der Waals surface area (Å²) < 4.78 is 12.7. The van der Waals surface area contributed by atoms with Gasteiger partial charge in [-0.05, 0) is 18.2 Å². The van der Waals surface area contributed by atoms with Gasteiger partial charge >= 0.3 is 0 Å². The largest absolute Gasteiger partial charge is 0.507 e. The van der Waals surface area contributed by atoms with Crippen LogP contribution in [0.4, 0.5) is 4.39 Å². The Hall–Kier alpha value is -2.02. The Morgan fingerprint density at radius 1 is 1.64 bits per heavy atom. The van der Waals surface area contributed by atoms with E-state index < -0.39 is 5.82 Å². The maximum Gasteiger partial charge on any atom is 0.177 e. The Labute approximate surface area is 80.8 Å². The molecule has 1 N–H and O–H groups in total. The third kappa shape index (κ3) is 2.79. The molecule has 0 radical (unpaired) electrons. The number of nitrogens with zero attached hydrogens (tertiary/aromatic N) is 1. The van der Waals surface area contributed by atoms with Crippen molar-refractivity contribution in [1.82, 2.24) is 0 Å². The number of terminal acetylenes is 1. The summed E-state index contributed by atoms with van der Waals surface area (Å²) in [5.74, 6) is 1.68. The molecule has 0 aliphatic carbocycles. The van der Waals surface area contributed by atoms with Crippen LogP contribution < -0.4 is 0 Å². The predicted octanol–water partition coefficient (Wildman–Crippen LogP) is 1.52. The fourth-order valence-corrected chi connectivity index (χ4v) is 0.797. The van der Waals surface area contributed by atoms with Crippen LogP contribution in [0.5, 0.6) is 5.75 Å². The Morgan fingerprint density at radius 3 is 3.14 bits per heavy atom. The lowest BCUT2D eigenvalue weighted by Crippen LogP contribution is -1.87. The summed E-state index contributed by atoms with van der Waals surface area (Å²) in [6, 6.07) is 3.52. The SMILES string of the molecule is C#CCON=Cc1cc(F)ccc1O. The number of hydrogen-bond donors (Lipinski definition) is 1. The van der Waals surface area contributed by atoms with E-state index in [9.17, 15) is 9.50 Å². The quantitative estimate of drug-likeness (QED) is 0.342. The highest BCUT2D eigenvalue weighted by Crippen LogP contribution is 2.15. The molecule has 1 aromatic rings. The van der Waals surface area contributed by atoms with E-state index in [1.54, 1.807) is 0 Å². The average molecular weight is 193 g/mol. The van der Waals surface area contributed by atoms with Crippen LogP contribution in [0, 0.1) is 18.2 Å². The second-order valence-corrected chi connectivity index (χ2v) is 2.42. The second-order valence-electron chi connectivity index (χ2n) is 2.42. The molecule has 0 atom stereocenters. The molecule has 1 rings (SSSR count). The number of phenolic OH excluding ortho intramolecular Hbond substituents is 1. The van der Waals surface area contributed by atoms with Gasteiger partial charge < -0.3 is 9.94 Å². The van der Waals surface area contributed by atoms with Crippen molar-refractivity contribution in [2.45, 2.75) is 0 Å². The predicted molar refractivity (Wildman–Crippen MR) is 50.4 cm³/mol. The van der Waals surface area contributed by atoms with Crippen molar-refractivity contribution in [2.75, 3.05) is 6.61 Å². The van der Waals surface area contributed by atoms with Gasteiger partial charge in [-0.2, -0.15) is 0 Å². The summed E-state index contributed by atoms with van der Waals surface area (Å²) in [7, 11) is 0. The van der Waals surface area contributed by atoms with Crippen LogP contribution in [0.2, 0.25) is 0 Å². The van der Waals surface area contributed by atoms with Crippen molar-refractivity contribution < 1.29 is 14.3 Å². The minimum atomic E-state index is -0.457. The van der Waals surface area contributed by atoms with Gasteiger partial charge in [-0.3, -0.25) is 0 Å². The number of halogens is 1. The number of rotatable bonds is 3. The molecule has 72 valence electrons. The molecule has 0 aliphatic heterocycles. The Bertz CT molecular complexity index is 382. The lowest BCUT2D eigenvalue weighted by atomic mass is 10.2. The molecule has 0 fully saturated rings. The zero-order valence-electron chi connectivity index (χ0n) is 7.27. The number of oxime groups is 1. The van der Waals surface area contributed by atoms with Crippen LogP contribution in [0.1, 0.15) is 5.56 Å². The molecule has 0 unspecified atom stereocenters. The molecule has 3 nitrogen and oxygen atoms in total. The topological polar surface area (TPSA) is 41.8 Å². The third-order valence-corrected chi connectivity index (χ3v) is 1.40. The van der Waals surface area contributed by atoms with E-state index in [1.807, 2.05) is 0 Å². The Morgan fingerprint density at radius 2 is 2.43 bits per heavy atom. The zero-order chi connectivity index (χ0) is 10.4. The molecule has 0 amide bonds. The molecule has 14 heavy (non-hydrogen) atoms. The van der Waals surface area contributed by atoms with E-state index in [2.05, 4.69) is 15.9 Å². The van der Waals surface area contributed by atoms with E-state index in [4.69, 9.17) is 6.42 Å². The van der Waals surface area contributed by atoms with Gasteiger partial charge in [0.1, 0.15) is 11.6 Å². The molecule has 1 aromatic carbocycles. The van der Waals surface area contributed by atoms with Gasteiger partial charge in [0.15, 0.2) is 6.61 Å². The van der Waals surface area contributed by atoms with E-state index in [0.29, 0.717) is 0 Å². The summed E-state index contributed by atoms with van der Waals surface area (Å²) in [6.45, 7) is 0.0343. The first-order valence-electron chi connectivity index (χ1n) is 3.81. The van der Waals surface area contributed by atoms with E-state index >= 15 is 0 Å². The van der Waals surface area contributed by atoms with Gasteiger partial charge in [0.05, 0.1) is 6.21 Å². The van der Waals surface area contributed by atoms with Crippen molar-refractivity contribution in [2.24, 2.45) is 5.16 Å². The minimum absolute atomic E-state index is 0.0343. The van der Waals surface area contributed by atoms with Crippen LogP contribution >= 0.6 is 0 Å². The number of aromatic hydroxyl groups is 1. The fourth-order valence-electron chi connectivity index (χ4n) is 0.797. The van der Waals surface area contributed by atoms with E-state index in [0.717, 1.165) is 12.1 Å². The summed E-state index contributed by atoms with van der Waals surface area (Å²) >= 11 is 0. The highest BCUT2D eigenvalue weighted by molar-refractivity contribution is 5.82. The molecule has 0 aromatic heterocycles. The van der Waals surface area contributed by atoms with Crippen LogP contribution in [0.15, 0.2) is 23.4 Å². The van der Waals surface area contributed by atoms with Crippen molar-refractivity contribution in [3.05, 3.63) is 29.6 Å². The molecule has 0 aliphatic rings. The summed E-state index contributed by atoms with van der Waals surface area (Å²) in [6.07, 6.45) is 6.09. The molecule has 0 bridgehead atoms. The maximum atomic E-state index is 12.7. The monoisotopic (exact) mass is 193 g/mol.